The number of aryl methyl sites for hydroxylation is 1. The minimum atomic E-state index is -3.70. The standard InChI is InChI=1S/C20H24N2O3S2/c1-4-12-22-17-11-10-16(13-18(17)26-19(22)23)27(24,25)21-20(2,3)14-15-8-6-5-7-9-15/h5-11,13,21H,4,12,14H2,1-3H3. The molecule has 0 radical (unpaired) electrons. The summed E-state index contributed by atoms with van der Waals surface area (Å²) in [5.41, 5.74) is 1.21. The predicted molar refractivity (Wildman–Crippen MR) is 111 cm³/mol. The van der Waals surface area contributed by atoms with Crippen LogP contribution >= 0.6 is 11.3 Å². The Bertz CT molecular complexity index is 1100. The first-order valence-electron chi connectivity index (χ1n) is 8.93. The molecule has 0 aliphatic carbocycles. The van der Waals surface area contributed by atoms with E-state index in [1.54, 1.807) is 22.8 Å². The van der Waals surface area contributed by atoms with Crippen LogP contribution in [-0.4, -0.2) is 18.5 Å². The first-order valence-corrected chi connectivity index (χ1v) is 11.2. The monoisotopic (exact) mass is 404 g/mol. The van der Waals surface area contributed by atoms with Crippen molar-refractivity contribution in [2.45, 2.75) is 50.6 Å². The summed E-state index contributed by atoms with van der Waals surface area (Å²) in [6.45, 7) is 6.37. The van der Waals surface area contributed by atoms with Crippen LogP contribution in [0.5, 0.6) is 0 Å². The Kier molecular flexibility index (Phi) is 5.55. The van der Waals surface area contributed by atoms with Gasteiger partial charge >= 0.3 is 4.87 Å². The van der Waals surface area contributed by atoms with Gasteiger partial charge in [-0.15, -0.1) is 0 Å². The molecule has 0 spiro atoms. The first-order chi connectivity index (χ1) is 12.7. The Morgan fingerprint density at radius 1 is 1.11 bits per heavy atom. The van der Waals surface area contributed by atoms with Crippen LogP contribution in [-0.2, 0) is 23.0 Å². The Hall–Kier alpha value is -1.96. The second-order valence-corrected chi connectivity index (χ2v) is 9.98. The van der Waals surface area contributed by atoms with Crippen molar-refractivity contribution >= 4 is 31.6 Å². The lowest BCUT2D eigenvalue weighted by Gasteiger charge is -2.26. The Balaban J connectivity index is 1.89. The van der Waals surface area contributed by atoms with Crippen LogP contribution in [0.25, 0.3) is 10.2 Å². The number of fused-ring (bicyclic) bond motifs is 1. The third-order valence-corrected chi connectivity index (χ3v) is 6.93. The van der Waals surface area contributed by atoms with Gasteiger partial charge < -0.3 is 0 Å². The largest absolute Gasteiger partial charge is 0.308 e. The molecule has 5 nitrogen and oxygen atoms in total. The number of nitrogens with zero attached hydrogens (tertiary/aromatic N) is 1. The number of hydrogen-bond donors (Lipinski definition) is 1. The molecule has 0 saturated carbocycles. The number of aromatic nitrogens is 1. The lowest BCUT2D eigenvalue weighted by atomic mass is 9.96. The third-order valence-electron chi connectivity index (χ3n) is 4.30. The molecule has 27 heavy (non-hydrogen) atoms. The van der Waals surface area contributed by atoms with E-state index in [-0.39, 0.29) is 9.77 Å². The van der Waals surface area contributed by atoms with Gasteiger partial charge in [0.05, 0.1) is 15.1 Å². The maximum atomic E-state index is 12.9. The smallest absolute Gasteiger partial charge is 0.299 e. The van der Waals surface area contributed by atoms with Crippen LogP contribution in [0.1, 0.15) is 32.8 Å². The molecule has 144 valence electrons. The van der Waals surface area contributed by atoms with Crippen molar-refractivity contribution in [1.29, 1.82) is 0 Å². The first kappa shape index (κ1) is 19.8. The lowest BCUT2D eigenvalue weighted by Crippen LogP contribution is -2.44. The maximum absolute atomic E-state index is 12.9. The summed E-state index contributed by atoms with van der Waals surface area (Å²) in [5.74, 6) is 0. The lowest BCUT2D eigenvalue weighted by molar-refractivity contribution is 0.450. The Labute approximate surface area is 163 Å². The molecule has 0 aliphatic rings. The minimum Gasteiger partial charge on any atom is -0.299 e. The Morgan fingerprint density at radius 3 is 2.48 bits per heavy atom. The molecule has 0 unspecified atom stereocenters. The van der Waals surface area contributed by atoms with Crippen LogP contribution in [0.15, 0.2) is 58.2 Å². The van der Waals surface area contributed by atoms with Gasteiger partial charge in [0.25, 0.3) is 0 Å². The maximum Gasteiger partial charge on any atom is 0.308 e. The zero-order valence-electron chi connectivity index (χ0n) is 15.7. The van der Waals surface area contributed by atoms with Crippen LogP contribution in [0.3, 0.4) is 0 Å². The summed E-state index contributed by atoms with van der Waals surface area (Å²) in [6.07, 6.45) is 1.43. The van der Waals surface area contributed by atoms with E-state index in [0.29, 0.717) is 17.7 Å². The molecule has 2 aromatic carbocycles. The van der Waals surface area contributed by atoms with Crippen molar-refractivity contribution in [3.63, 3.8) is 0 Å². The van der Waals surface area contributed by atoms with Crippen LogP contribution in [0, 0.1) is 0 Å². The van der Waals surface area contributed by atoms with Crippen molar-refractivity contribution in [2.75, 3.05) is 0 Å². The molecule has 1 aromatic heterocycles. The van der Waals surface area contributed by atoms with Gasteiger partial charge in [0.1, 0.15) is 0 Å². The summed E-state index contributed by atoms with van der Waals surface area (Å²) in [4.78, 5) is 12.3. The van der Waals surface area contributed by atoms with Crippen molar-refractivity contribution in [3.8, 4) is 0 Å². The molecular formula is C20H24N2O3S2. The van der Waals surface area contributed by atoms with E-state index in [1.165, 1.54) is 0 Å². The molecule has 3 rings (SSSR count). The van der Waals surface area contributed by atoms with E-state index in [0.717, 1.165) is 28.8 Å². The number of rotatable bonds is 7. The Morgan fingerprint density at radius 2 is 1.81 bits per heavy atom. The zero-order chi connectivity index (χ0) is 19.7. The molecule has 0 fully saturated rings. The topological polar surface area (TPSA) is 68.2 Å². The SMILES string of the molecule is CCCn1c(=O)sc2cc(S(=O)(=O)NC(C)(C)Cc3ccccc3)ccc21. The molecule has 0 amide bonds. The van der Waals surface area contributed by atoms with Crippen LogP contribution < -0.4 is 9.60 Å². The van der Waals surface area contributed by atoms with E-state index in [1.807, 2.05) is 51.1 Å². The normalized spacial score (nSPS) is 12.6. The van der Waals surface area contributed by atoms with Crippen LogP contribution in [0.2, 0.25) is 0 Å². The number of sulfonamides is 1. The fraction of sp³-hybridized carbons (Fsp3) is 0.350. The van der Waals surface area contributed by atoms with Gasteiger partial charge in [0, 0.05) is 12.1 Å². The molecule has 3 aromatic rings. The highest BCUT2D eigenvalue weighted by molar-refractivity contribution is 7.89. The molecule has 0 bridgehead atoms. The minimum absolute atomic E-state index is 0.0567. The van der Waals surface area contributed by atoms with Crippen LogP contribution in [0.4, 0.5) is 0 Å². The predicted octanol–water partition coefficient (Wildman–Crippen LogP) is 3.77. The van der Waals surface area contributed by atoms with Crippen molar-refractivity contribution in [3.05, 3.63) is 63.8 Å². The molecule has 1 N–H and O–H groups in total. The number of hydrogen-bond acceptors (Lipinski definition) is 4. The van der Waals surface area contributed by atoms with Crippen molar-refractivity contribution < 1.29 is 8.42 Å². The fourth-order valence-electron chi connectivity index (χ4n) is 3.21. The van der Waals surface area contributed by atoms with Gasteiger partial charge in [-0.1, -0.05) is 48.6 Å². The average molecular weight is 405 g/mol. The molecule has 0 saturated heterocycles. The van der Waals surface area contributed by atoms with E-state index in [4.69, 9.17) is 0 Å². The summed E-state index contributed by atoms with van der Waals surface area (Å²) >= 11 is 1.08. The number of nitrogens with one attached hydrogen (secondary N) is 1. The summed E-state index contributed by atoms with van der Waals surface area (Å²) in [7, 11) is -3.70. The highest BCUT2D eigenvalue weighted by atomic mass is 32.2. The quantitative estimate of drug-likeness (QED) is 0.652. The summed E-state index contributed by atoms with van der Waals surface area (Å²) < 4.78 is 31.0. The zero-order valence-corrected chi connectivity index (χ0v) is 17.4. The van der Waals surface area contributed by atoms with Gasteiger partial charge in [-0.2, -0.15) is 0 Å². The second-order valence-electron chi connectivity index (χ2n) is 7.30. The molecule has 0 aliphatic heterocycles. The van der Waals surface area contributed by atoms with Gasteiger partial charge in [-0.25, -0.2) is 13.1 Å². The van der Waals surface area contributed by atoms with E-state index < -0.39 is 15.6 Å². The second kappa shape index (κ2) is 7.58. The van der Waals surface area contributed by atoms with E-state index in [2.05, 4.69) is 4.72 Å². The molecule has 0 atom stereocenters. The van der Waals surface area contributed by atoms with E-state index in [9.17, 15) is 13.2 Å². The number of benzene rings is 2. The molecular weight excluding hydrogens is 380 g/mol. The number of thiazole rings is 1. The van der Waals surface area contributed by atoms with E-state index >= 15 is 0 Å². The average Bonchev–Trinajstić information content (AvgIpc) is 2.89. The molecule has 7 heteroatoms. The summed E-state index contributed by atoms with van der Waals surface area (Å²) in [6, 6.07) is 14.7. The highest BCUT2D eigenvalue weighted by Gasteiger charge is 2.27. The third kappa shape index (κ3) is 4.48. The van der Waals surface area contributed by atoms with Gasteiger partial charge in [-0.3, -0.25) is 9.36 Å². The fourth-order valence-corrected chi connectivity index (χ4v) is 5.68. The molecule has 1 heterocycles. The van der Waals surface area contributed by atoms with Crippen molar-refractivity contribution in [1.82, 2.24) is 9.29 Å². The highest BCUT2D eigenvalue weighted by Crippen LogP contribution is 2.23. The van der Waals surface area contributed by atoms with Crippen molar-refractivity contribution in [2.24, 2.45) is 0 Å². The summed E-state index contributed by atoms with van der Waals surface area (Å²) in [5, 5.41) is 0. The van der Waals surface area contributed by atoms with Gasteiger partial charge in [0.2, 0.25) is 10.0 Å². The van der Waals surface area contributed by atoms with Gasteiger partial charge in [0.15, 0.2) is 0 Å². The van der Waals surface area contributed by atoms with Gasteiger partial charge in [-0.05, 0) is 50.5 Å².